The molecule has 0 spiro atoms. The minimum absolute atomic E-state index is 0.233. The zero-order chi connectivity index (χ0) is 32.2. The topological polar surface area (TPSA) is 137 Å². The number of aliphatic hydroxyl groups excluding tert-OH is 1. The second kappa shape index (κ2) is 13.7. The molecule has 2 aromatic heterocycles. The van der Waals surface area contributed by atoms with Crippen molar-refractivity contribution in [2.45, 2.75) is 32.5 Å². The van der Waals surface area contributed by atoms with Gasteiger partial charge < -0.3 is 25.4 Å². The van der Waals surface area contributed by atoms with Crippen LogP contribution in [0.5, 0.6) is 0 Å². The fourth-order valence-corrected chi connectivity index (χ4v) is 5.86. The molecule has 0 aliphatic carbocycles. The number of nitrogens with one attached hydrogen (secondary N) is 2. The highest BCUT2D eigenvalue weighted by molar-refractivity contribution is 6.36. The molecule has 0 radical (unpaired) electrons. The van der Waals surface area contributed by atoms with Gasteiger partial charge in [-0.3, -0.25) is 24.5 Å². The predicted molar refractivity (Wildman–Crippen MR) is 174 cm³/mol. The van der Waals surface area contributed by atoms with Crippen molar-refractivity contribution in [1.29, 1.82) is 0 Å². The van der Waals surface area contributed by atoms with Crippen LogP contribution in [0.1, 0.15) is 44.1 Å². The summed E-state index contributed by atoms with van der Waals surface area (Å²) < 4.78 is 4.96. The van der Waals surface area contributed by atoms with Crippen molar-refractivity contribution in [2.75, 3.05) is 36.9 Å². The van der Waals surface area contributed by atoms with Crippen LogP contribution in [0, 0.1) is 6.92 Å². The number of cyclic esters (lactones) is 1. The number of hydrogen-bond acceptors (Lipinski definition) is 8. The number of carbonyl (C=O) groups is 3. The summed E-state index contributed by atoms with van der Waals surface area (Å²) in [6.45, 7) is 5.27. The monoisotopic (exact) mass is 640 g/mol. The molecular formula is C34H33ClN6O5. The van der Waals surface area contributed by atoms with Crippen molar-refractivity contribution < 1.29 is 24.2 Å². The van der Waals surface area contributed by atoms with Crippen LogP contribution in [0.3, 0.4) is 0 Å². The van der Waals surface area contributed by atoms with Gasteiger partial charge in [-0.1, -0.05) is 48.0 Å². The van der Waals surface area contributed by atoms with Crippen LogP contribution in [0.25, 0.3) is 11.1 Å². The van der Waals surface area contributed by atoms with Crippen molar-refractivity contribution >= 4 is 40.9 Å². The Morgan fingerprint density at radius 3 is 2.11 bits per heavy atom. The highest BCUT2D eigenvalue weighted by Crippen LogP contribution is 2.37. The van der Waals surface area contributed by atoms with Gasteiger partial charge in [0.2, 0.25) is 0 Å². The largest absolute Gasteiger partial charge is 0.448 e. The van der Waals surface area contributed by atoms with E-state index in [9.17, 15) is 19.5 Å². The van der Waals surface area contributed by atoms with Crippen molar-refractivity contribution in [1.82, 2.24) is 19.8 Å². The summed E-state index contributed by atoms with van der Waals surface area (Å²) in [5, 5.41) is 15.9. The van der Waals surface area contributed by atoms with E-state index in [4.69, 9.17) is 16.3 Å². The third kappa shape index (κ3) is 7.02. The molecule has 6 rings (SSSR count). The van der Waals surface area contributed by atoms with Gasteiger partial charge in [-0.05, 0) is 59.9 Å². The number of likely N-dealkylation sites (tertiary alicyclic amines) is 1. The van der Waals surface area contributed by atoms with Crippen molar-refractivity contribution in [2.24, 2.45) is 0 Å². The van der Waals surface area contributed by atoms with Gasteiger partial charge in [-0.15, -0.1) is 0 Å². The molecule has 3 N–H and O–H groups in total. The first kappa shape index (κ1) is 31.2. The number of β-amino-alcohol motifs (C(OH)–C–C–N with tert-alkyl or cyclic N) is 1. The van der Waals surface area contributed by atoms with E-state index in [0.717, 1.165) is 35.2 Å². The Morgan fingerprint density at radius 1 is 0.891 bits per heavy atom. The second-order valence-corrected chi connectivity index (χ2v) is 11.7. The number of pyridine rings is 2. The highest BCUT2D eigenvalue weighted by atomic mass is 35.5. The maximum Gasteiger partial charge on any atom is 0.410 e. The Kier molecular flexibility index (Phi) is 9.25. The number of carbonyl (C=O) groups excluding carboxylic acids is 3. The SMILES string of the molecule is Cc1c(NC(=O)c2ccc(CN3CCOC3=O)cn2)cccc1-c1cccc(NC(=O)c2ccc(CN3CCC(O)C3)cn2)c1Cl. The molecule has 4 aromatic rings. The molecule has 2 aliphatic rings. The molecule has 12 heteroatoms. The van der Waals surface area contributed by atoms with E-state index >= 15 is 0 Å². The zero-order valence-corrected chi connectivity index (χ0v) is 26.0. The van der Waals surface area contributed by atoms with Gasteiger partial charge in [-0.25, -0.2) is 4.79 Å². The molecule has 3 amide bonds. The zero-order valence-electron chi connectivity index (χ0n) is 25.2. The Bertz CT molecular complexity index is 1770. The second-order valence-electron chi connectivity index (χ2n) is 11.4. The molecule has 0 saturated carbocycles. The Hall–Kier alpha value is -4.84. The number of anilines is 2. The van der Waals surface area contributed by atoms with Crippen LogP contribution in [-0.4, -0.2) is 75.1 Å². The number of nitrogens with zero attached hydrogens (tertiary/aromatic N) is 4. The predicted octanol–water partition coefficient (Wildman–Crippen LogP) is 5.13. The molecule has 4 heterocycles. The summed E-state index contributed by atoms with van der Waals surface area (Å²) in [6, 6.07) is 17.8. The molecule has 46 heavy (non-hydrogen) atoms. The van der Waals surface area contributed by atoms with Crippen LogP contribution in [0.2, 0.25) is 5.02 Å². The molecule has 2 aliphatic heterocycles. The molecule has 0 bridgehead atoms. The lowest BCUT2D eigenvalue weighted by atomic mass is 9.98. The van der Waals surface area contributed by atoms with Crippen LogP contribution >= 0.6 is 11.6 Å². The summed E-state index contributed by atoms with van der Waals surface area (Å²) >= 11 is 6.83. The number of aliphatic hydroxyl groups is 1. The first-order chi connectivity index (χ1) is 22.2. The molecular weight excluding hydrogens is 608 g/mol. The quantitative estimate of drug-likeness (QED) is 0.229. The molecule has 2 aromatic carbocycles. The van der Waals surface area contributed by atoms with E-state index in [0.29, 0.717) is 54.7 Å². The molecule has 2 fully saturated rings. The normalized spacial score (nSPS) is 16.4. The fourth-order valence-electron chi connectivity index (χ4n) is 5.58. The summed E-state index contributed by atoms with van der Waals surface area (Å²) in [4.78, 5) is 50.2. The van der Waals surface area contributed by atoms with E-state index in [-0.39, 0.29) is 35.4 Å². The third-order valence-corrected chi connectivity index (χ3v) is 8.51. The standard InChI is InChI=1S/C34H33ClN6O5/c1-21-25(4-2-6-27(21)38-32(43)29-11-9-23(17-37-29)19-41-14-15-46-34(41)45)26-5-3-7-28(31(26)35)39-33(44)30-10-8-22(16-36-30)18-40-13-12-24(42)20-40/h2-11,16-17,24,42H,12-15,18-20H2,1H3,(H,38,43)(H,39,44). The van der Waals surface area contributed by atoms with Gasteiger partial charge in [0.1, 0.15) is 18.0 Å². The van der Waals surface area contributed by atoms with Gasteiger partial charge in [-0.2, -0.15) is 0 Å². The van der Waals surface area contributed by atoms with Crippen LogP contribution in [0.15, 0.2) is 73.1 Å². The van der Waals surface area contributed by atoms with Gasteiger partial charge in [0.25, 0.3) is 11.8 Å². The number of hydrogen-bond donors (Lipinski definition) is 3. The lowest BCUT2D eigenvalue weighted by Crippen LogP contribution is -2.23. The van der Waals surface area contributed by atoms with E-state index in [1.807, 2.05) is 31.2 Å². The van der Waals surface area contributed by atoms with E-state index in [1.165, 1.54) is 0 Å². The van der Waals surface area contributed by atoms with Gasteiger partial charge in [0.05, 0.1) is 29.9 Å². The van der Waals surface area contributed by atoms with Crippen molar-refractivity contribution in [3.05, 3.63) is 106 Å². The summed E-state index contributed by atoms with van der Waals surface area (Å²) in [5.41, 5.74) is 5.53. The first-order valence-electron chi connectivity index (χ1n) is 15.0. The lowest BCUT2D eigenvalue weighted by molar-refractivity contribution is 0.101. The fraction of sp³-hybridized carbons (Fsp3) is 0.265. The minimum Gasteiger partial charge on any atom is -0.448 e. The maximum absolute atomic E-state index is 13.1. The number of halogens is 1. The number of rotatable bonds is 9. The van der Waals surface area contributed by atoms with Crippen molar-refractivity contribution in [3.63, 3.8) is 0 Å². The van der Waals surface area contributed by atoms with Crippen LogP contribution < -0.4 is 10.6 Å². The molecule has 1 atom stereocenters. The molecule has 2 saturated heterocycles. The Morgan fingerprint density at radius 2 is 1.52 bits per heavy atom. The first-order valence-corrected chi connectivity index (χ1v) is 15.4. The molecule has 11 nitrogen and oxygen atoms in total. The average molecular weight is 641 g/mol. The van der Waals surface area contributed by atoms with E-state index in [2.05, 4.69) is 25.5 Å². The Labute approximate surface area is 271 Å². The number of benzene rings is 2. The van der Waals surface area contributed by atoms with E-state index < -0.39 is 0 Å². The lowest BCUT2D eigenvalue weighted by Gasteiger charge is -2.16. The van der Waals surface area contributed by atoms with E-state index in [1.54, 1.807) is 53.7 Å². The number of ether oxygens (including phenoxy) is 1. The van der Waals surface area contributed by atoms with Crippen molar-refractivity contribution in [3.8, 4) is 11.1 Å². The number of aromatic nitrogens is 2. The number of amides is 3. The summed E-state index contributed by atoms with van der Waals surface area (Å²) in [6.07, 6.45) is 3.37. The Balaban J connectivity index is 1.12. The minimum atomic E-state index is -0.390. The average Bonchev–Trinajstić information content (AvgIpc) is 3.66. The van der Waals surface area contributed by atoms with Gasteiger partial charge >= 0.3 is 6.09 Å². The van der Waals surface area contributed by atoms with Gasteiger partial charge in [0, 0.05) is 43.3 Å². The molecule has 236 valence electrons. The smallest absolute Gasteiger partial charge is 0.410 e. The summed E-state index contributed by atoms with van der Waals surface area (Å²) in [7, 11) is 0. The third-order valence-electron chi connectivity index (χ3n) is 8.11. The maximum atomic E-state index is 13.1. The van der Waals surface area contributed by atoms with Gasteiger partial charge in [0.15, 0.2) is 0 Å². The summed E-state index contributed by atoms with van der Waals surface area (Å²) in [5.74, 6) is -0.769. The van der Waals surface area contributed by atoms with Crippen LogP contribution in [-0.2, 0) is 17.8 Å². The van der Waals surface area contributed by atoms with Crippen LogP contribution in [0.4, 0.5) is 16.2 Å². The highest BCUT2D eigenvalue weighted by Gasteiger charge is 2.23. The molecule has 1 unspecified atom stereocenters.